The quantitative estimate of drug-likeness (QED) is 0.596. The zero-order chi connectivity index (χ0) is 15.2. The Labute approximate surface area is 127 Å². The summed E-state index contributed by atoms with van der Waals surface area (Å²) >= 11 is 1.66. The van der Waals surface area contributed by atoms with Crippen molar-refractivity contribution in [3.63, 3.8) is 0 Å². The lowest BCUT2D eigenvalue weighted by Crippen LogP contribution is -2.11. The summed E-state index contributed by atoms with van der Waals surface area (Å²) in [6.07, 6.45) is 0.876. The Bertz CT molecular complexity index is 601. The fourth-order valence-electron chi connectivity index (χ4n) is 2.01. The van der Waals surface area contributed by atoms with Crippen LogP contribution in [-0.2, 0) is 0 Å². The first kappa shape index (κ1) is 15.2. The Morgan fingerprint density at radius 1 is 1.38 bits per heavy atom. The van der Waals surface area contributed by atoms with Crippen LogP contribution in [-0.4, -0.2) is 16.5 Å². The Morgan fingerprint density at radius 2 is 2.14 bits per heavy atom. The van der Waals surface area contributed by atoms with E-state index < -0.39 is 4.92 Å². The van der Waals surface area contributed by atoms with Crippen LogP contribution in [0.2, 0.25) is 0 Å². The fourth-order valence-corrected chi connectivity index (χ4v) is 2.87. The van der Waals surface area contributed by atoms with Gasteiger partial charge < -0.3 is 10.6 Å². The van der Waals surface area contributed by atoms with Gasteiger partial charge in [-0.1, -0.05) is 13.0 Å². The summed E-state index contributed by atoms with van der Waals surface area (Å²) in [5.74, 6) is 1.02. The highest BCUT2D eigenvalue weighted by Crippen LogP contribution is 2.28. The van der Waals surface area contributed by atoms with Gasteiger partial charge in [-0.3, -0.25) is 10.1 Å². The largest absolute Gasteiger partial charge is 0.370 e. The molecule has 0 spiro atoms. The second kappa shape index (κ2) is 7.03. The molecule has 0 saturated heterocycles. The molecule has 2 heterocycles. The highest BCUT2D eigenvalue weighted by molar-refractivity contribution is 7.10. The number of anilines is 2. The standard InChI is InChI=1S/C14H18N4O2S/c1-3-11(12-6-5-7-21-12)16-14-9-10(18(19)20)8-13(17-14)15-4-2/h5-9,11H,3-4H2,1-2H3,(H2,15,16,17). The number of rotatable bonds is 7. The molecule has 21 heavy (non-hydrogen) atoms. The van der Waals surface area contributed by atoms with E-state index in [0.717, 1.165) is 6.42 Å². The normalized spacial score (nSPS) is 11.9. The fraction of sp³-hybridized carbons (Fsp3) is 0.357. The minimum atomic E-state index is -0.403. The Balaban J connectivity index is 2.27. The van der Waals surface area contributed by atoms with Crippen LogP contribution in [0.5, 0.6) is 0 Å². The van der Waals surface area contributed by atoms with E-state index in [1.54, 1.807) is 11.3 Å². The zero-order valence-electron chi connectivity index (χ0n) is 12.0. The lowest BCUT2D eigenvalue weighted by atomic mass is 10.2. The number of thiophene rings is 1. The Hall–Kier alpha value is -2.15. The summed E-state index contributed by atoms with van der Waals surface area (Å²) in [4.78, 5) is 16.2. The van der Waals surface area contributed by atoms with Crippen molar-refractivity contribution in [1.82, 2.24) is 4.98 Å². The van der Waals surface area contributed by atoms with Crippen molar-refractivity contribution in [1.29, 1.82) is 0 Å². The number of hydrogen-bond donors (Lipinski definition) is 2. The average molecular weight is 306 g/mol. The summed E-state index contributed by atoms with van der Waals surface area (Å²) in [5, 5.41) is 19.3. The molecule has 6 nitrogen and oxygen atoms in total. The molecular weight excluding hydrogens is 288 g/mol. The summed E-state index contributed by atoms with van der Waals surface area (Å²) < 4.78 is 0. The number of hydrogen-bond acceptors (Lipinski definition) is 6. The van der Waals surface area contributed by atoms with E-state index in [0.29, 0.717) is 18.2 Å². The molecule has 0 aliphatic carbocycles. The lowest BCUT2D eigenvalue weighted by Gasteiger charge is -2.16. The van der Waals surface area contributed by atoms with Crippen molar-refractivity contribution in [3.8, 4) is 0 Å². The third-order valence-electron chi connectivity index (χ3n) is 3.00. The third kappa shape index (κ3) is 3.91. The molecule has 0 fully saturated rings. The number of pyridine rings is 1. The van der Waals surface area contributed by atoms with Crippen LogP contribution >= 0.6 is 11.3 Å². The smallest absolute Gasteiger partial charge is 0.276 e. The van der Waals surface area contributed by atoms with Crippen molar-refractivity contribution in [3.05, 3.63) is 44.6 Å². The zero-order valence-corrected chi connectivity index (χ0v) is 12.8. The maximum Gasteiger partial charge on any atom is 0.276 e. The SMILES string of the molecule is CCNc1cc([N+](=O)[O-])cc(NC(CC)c2cccs2)n1. The van der Waals surface area contributed by atoms with Crippen LogP contribution in [0.15, 0.2) is 29.6 Å². The Kier molecular flexibility index (Phi) is 5.10. The second-order valence-electron chi connectivity index (χ2n) is 4.50. The molecule has 2 N–H and O–H groups in total. The van der Waals surface area contributed by atoms with E-state index in [-0.39, 0.29) is 11.7 Å². The summed E-state index contributed by atoms with van der Waals surface area (Å²) in [7, 11) is 0. The summed E-state index contributed by atoms with van der Waals surface area (Å²) in [6.45, 7) is 4.66. The Morgan fingerprint density at radius 3 is 2.71 bits per heavy atom. The van der Waals surface area contributed by atoms with Gasteiger partial charge in [0, 0.05) is 11.4 Å². The van der Waals surface area contributed by atoms with Crippen LogP contribution in [0, 0.1) is 10.1 Å². The molecule has 1 unspecified atom stereocenters. The van der Waals surface area contributed by atoms with Gasteiger partial charge in [-0.15, -0.1) is 11.3 Å². The van der Waals surface area contributed by atoms with Crippen LogP contribution < -0.4 is 10.6 Å². The van der Waals surface area contributed by atoms with E-state index >= 15 is 0 Å². The van der Waals surface area contributed by atoms with Crippen molar-refractivity contribution in [2.45, 2.75) is 26.3 Å². The van der Waals surface area contributed by atoms with E-state index in [9.17, 15) is 10.1 Å². The van der Waals surface area contributed by atoms with Gasteiger partial charge in [0.15, 0.2) is 0 Å². The van der Waals surface area contributed by atoms with Crippen molar-refractivity contribution >= 4 is 28.7 Å². The highest BCUT2D eigenvalue weighted by atomic mass is 32.1. The summed E-state index contributed by atoms with van der Waals surface area (Å²) in [5.41, 5.74) is 0.0319. The molecule has 0 aromatic carbocycles. The van der Waals surface area contributed by atoms with E-state index in [4.69, 9.17) is 0 Å². The number of nitrogens with zero attached hydrogens (tertiary/aromatic N) is 2. The van der Waals surface area contributed by atoms with Crippen LogP contribution in [0.25, 0.3) is 0 Å². The van der Waals surface area contributed by atoms with Crippen molar-refractivity contribution in [2.24, 2.45) is 0 Å². The van der Waals surface area contributed by atoms with Gasteiger partial charge in [0.1, 0.15) is 11.6 Å². The molecule has 0 aliphatic heterocycles. The molecule has 0 aliphatic rings. The molecule has 0 saturated carbocycles. The van der Waals surface area contributed by atoms with Crippen LogP contribution in [0.1, 0.15) is 31.2 Å². The van der Waals surface area contributed by atoms with Crippen molar-refractivity contribution in [2.75, 3.05) is 17.2 Å². The van der Waals surface area contributed by atoms with Gasteiger partial charge in [0.2, 0.25) is 0 Å². The number of nitro groups is 1. The lowest BCUT2D eigenvalue weighted by molar-refractivity contribution is -0.384. The van der Waals surface area contributed by atoms with Gasteiger partial charge in [-0.05, 0) is 24.8 Å². The van der Waals surface area contributed by atoms with Gasteiger partial charge in [-0.25, -0.2) is 4.98 Å². The molecule has 112 valence electrons. The highest BCUT2D eigenvalue weighted by Gasteiger charge is 2.15. The summed E-state index contributed by atoms with van der Waals surface area (Å²) in [6, 6.07) is 7.07. The maximum absolute atomic E-state index is 11.0. The predicted octanol–water partition coefficient (Wildman–Crippen LogP) is 4.05. The minimum Gasteiger partial charge on any atom is -0.370 e. The minimum absolute atomic E-state index is 0.0319. The average Bonchev–Trinajstić information content (AvgIpc) is 2.99. The predicted molar refractivity (Wildman–Crippen MR) is 86.0 cm³/mol. The van der Waals surface area contributed by atoms with Gasteiger partial charge in [-0.2, -0.15) is 0 Å². The monoisotopic (exact) mass is 306 g/mol. The van der Waals surface area contributed by atoms with Crippen molar-refractivity contribution < 1.29 is 4.92 Å². The van der Waals surface area contributed by atoms with Crippen LogP contribution in [0.3, 0.4) is 0 Å². The first-order valence-electron chi connectivity index (χ1n) is 6.84. The van der Waals surface area contributed by atoms with Gasteiger partial charge >= 0.3 is 0 Å². The van der Waals surface area contributed by atoms with E-state index in [2.05, 4.69) is 22.5 Å². The van der Waals surface area contributed by atoms with E-state index in [1.165, 1.54) is 17.0 Å². The molecule has 7 heteroatoms. The first-order valence-corrected chi connectivity index (χ1v) is 7.72. The number of nitrogens with one attached hydrogen (secondary N) is 2. The van der Waals surface area contributed by atoms with Crippen LogP contribution in [0.4, 0.5) is 17.3 Å². The topological polar surface area (TPSA) is 80.1 Å². The molecule has 2 rings (SSSR count). The molecule has 2 aromatic rings. The molecule has 0 bridgehead atoms. The molecule has 0 radical (unpaired) electrons. The molecule has 2 aromatic heterocycles. The second-order valence-corrected chi connectivity index (χ2v) is 5.48. The van der Waals surface area contributed by atoms with Gasteiger partial charge in [0.05, 0.1) is 23.1 Å². The molecular formula is C14H18N4O2S. The van der Waals surface area contributed by atoms with E-state index in [1.807, 2.05) is 24.4 Å². The van der Waals surface area contributed by atoms with Gasteiger partial charge in [0.25, 0.3) is 5.69 Å². The number of aromatic nitrogens is 1. The molecule has 0 amide bonds. The first-order chi connectivity index (χ1) is 10.1. The molecule has 1 atom stereocenters. The maximum atomic E-state index is 11.0. The third-order valence-corrected chi connectivity index (χ3v) is 3.98.